The molecule has 3 N–H and O–H groups in total. The Morgan fingerprint density at radius 1 is 1.14 bits per heavy atom. The van der Waals surface area contributed by atoms with Crippen molar-refractivity contribution in [1.29, 1.82) is 0 Å². The summed E-state index contributed by atoms with van der Waals surface area (Å²) in [5.41, 5.74) is 7.66. The number of nitrogens with two attached hydrogens (primary N) is 1. The van der Waals surface area contributed by atoms with Gasteiger partial charge in [0.1, 0.15) is 5.75 Å². The van der Waals surface area contributed by atoms with Gasteiger partial charge in [0.25, 0.3) is 0 Å². The highest BCUT2D eigenvalue weighted by Gasteiger charge is 2.19. The van der Waals surface area contributed by atoms with Crippen LogP contribution in [0.25, 0.3) is 0 Å². The van der Waals surface area contributed by atoms with Crippen molar-refractivity contribution in [3.63, 3.8) is 0 Å². The van der Waals surface area contributed by atoms with Crippen molar-refractivity contribution in [2.24, 2.45) is 0 Å². The monoisotopic (exact) mass is 304 g/mol. The molecular formula is C15H16N2O3S. The highest BCUT2D eigenvalue weighted by Crippen LogP contribution is 2.17. The van der Waals surface area contributed by atoms with Crippen LogP contribution in [0.15, 0.2) is 53.4 Å². The first kappa shape index (κ1) is 15.1. The molecule has 0 fully saturated rings. The van der Waals surface area contributed by atoms with Crippen molar-refractivity contribution >= 4 is 27.1 Å². The van der Waals surface area contributed by atoms with Crippen LogP contribution in [-0.2, 0) is 14.6 Å². The minimum atomic E-state index is -3.64. The fourth-order valence-corrected chi connectivity index (χ4v) is 2.95. The average molecular weight is 304 g/mol. The molecule has 0 atom stereocenters. The van der Waals surface area contributed by atoms with Crippen LogP contribution < -0.4 is 11.1 Å². The van der Waals surface area contributed by atoms with Crippen LogP contribution in [-0.4, -0.2) is 20.1 Å². The van der Waals surface area contributed by atoms with E-state index in [4.69, 9.17) is 5.73 Å². The van der Waals surface area contributed by atoms with Gasteiger partial charge in [0, 0.05) is 11.4 Å². The normalized spacial score (nSPS) is 11.1. The Morgan fingerprint density at radius 3 is 2.43 bits per heavy atom. The number of nitrogen functional groups attached to an aromatic ring is 1. The highest BCUT2D eigenvalue weighted by atomic mass is 32.2. The van der Waals surface area contributed by atoms with Gasteiger partial charge >= 0.3 is 0 Å². The first-order valence-electron chi connectivity index (χ1n) is 6.32. The van der Waals surface area contributed by atoms with Gasteiger partial charge < -0.3 is 11.1 Å². The van der Waals surface area contributed by atoms with E-state index in [9.17, 15) is 13.2 Å². The average Bonchev–Trinajstić information content (AvgIpc) is 2.43. The molecule has 0 aromatic heterocycles. The first-order chi connectivity index (χ1) is 9.88. The number of amides is 1. The molecule has 110 valence electrons. The van der Waals surface area contributed by atoms with E-state index in [1.54, 1.807) is 36.4 Å². The van der Waals surface area contributed by atoms with Crippen LogP contribution in [0.4, 0.5) is 11.4 Å². The minimum Gasteiger partial charge on any atom is -0.398 e. The van der Waals surface area contributed by atoms with Crippen LogP contribution in [0.5, 0.6) is 0 Å². The summed E-state index contributed by atoms with van der Waals surface area (Å²) in [5, 5.41) is 2.54. The summed E-state index contributed by atoms with van der Waals surface area (Å²) in [6, 6.07) is 12.9. The second-order valence-electron chi connectivity index (χ2n) is 4.69. The van der Waals surface area contributed by atoms with Crippen LogP contribution in [0.3, 0.4) is 0 Å². The molecule has 5 nitrogen and oxygen atoms in total. The Kier molecular flexibility index (Phi) is 4.28. The Balaban J connectivity index is 2.10. The number of hydrogen-bond acceptors (Lipinski definition) is 4. The third-order valence-corrected chi connectivity index (χ3v) is 4.62. The van der Waals surface area contributed by atoms with Crippen molar-refractivity contribution in [1.82, 2.24) is 0 Å². The van der Waals surface area contributed by atoms with Crippen LogP contribution in [0, 0.1) is 6.92 Å². The molecule has 0 radical (unpaired) electrons. The zero-order valence-electron chi connectivity index (χ0n) is 11.5. The van der Waals surface area contributed by atoms with Gasteiger partial charge in [-0.1, -0.05) is 24.3 Å². The predicted molar refractivity (Wildman–Crippen MR) is 82.7 cm³/mol. The largest absolute Gasteiger partial charge is 0.398 e. The second kappa shape index (κ2) is 5.97. The van der Waals surface area contributed by atoms with E-state index < -0.39 is 21.5 Å². The molecule has 2 aromatic carbocycles. The van der Waals surface area contributed by atoms with Crippen molar-refractivity contribution in [2.75, 3.05) is 16.8 Å². The molecule has 0 unspecified atom stereocenters. The van der Waals surface area contributed by atoms with E-state index in [1.165, 1.54) is 12.1 Å². The third kappa shape index (κ3) is 3.82. The van der Waals surface area contributed by atoms with Gasteiger partial charge in [-0.05, 0) is 36.8 Å². The van der Waals surface area contributed by atoms with E-state index in [-0.39, 0.29) is 4.90 Å². The number of nitrogens with one attached hydrogen (secondary N) is 1. The topological polar surface area (TPSA) is 89.3 Å². The smallest absolute Gasteiger partial charge is 0.239 e. The molecule has 0 aliphatic rings. The van der Waals surface area contributed by atoms with E-state index in [0.717, 1.165) is 5.56 Å². The Bertz CT molecular complexity index is 756. The fourth-order valence-electron chi connectivity index (χ4n) is 1.80. The molecule has 1 amide bonds. The maximum Gasteiger partial charge on any atom is 0.239 e. The number of anilines is 2. The van der Waals surface area contributed by atoms with Gasteiger partial charge in [-0.3, -0.25) is 4.79 Å². The highest BCUT2D eigenvalue weighted by molar-refractivity contribution is 7.92. The summed E-state index contributed by atoms with van der Waals surface area (Å²) < 4.78 is 24.1. The van der Waals surface area contributed by atoms with Crippen molar-refractivity contribution in [3.05, 3.63) is 54.1 Å². The second-order valence-corrected chi connectivity index (χ2v) is 6.68. The number of benzene rings is 2. The summed E-state index contributed by atoms with van der Waals surface area (Å²) in [5.74, 6) is -1.20. The summed E-state index contributed by atoms with van der Waals surface area (Å²) in [6.07, 6.45) is 0. The molecular weight excluding hydrogens is 288 g/mol. The Morgan fingerprint density at radius 2 is 1.81 bits per heavy atom. The van der Waals surface area contributed by atoms with Gasteiger partial charge in [-0.2, -0.15) is 0 Å². The zero-order chi connectivity index (χ0) is 15.5. The third-order valence-electron chi connectivity index (χ3n) is 2.99. The number of carbonyl (C=O) groups is 1. The van der Waals surface area contributed by atoms with Crippen LogP contribution in [0.2, 0.25) is 0 Å². The van der Waals surface area contributed by atoms with E-state index in [0.29, 0.717) is 11.4 Å². The Labute approximate surface area is 123 Å². The number of hydrogen-bond donors (Lipinski definition) is 2. The molecule has 2 aromatic rings. The summed E-state index contributed by atoms with van der Waals surface area (Å²) in [4.78, 5) is 12.0. The van der Waals surface area contributed by atoms with Gasteiger partial charge in [-0.25, -0.2) is 8.42 Å². The zero-order valence-corrected chi connectivity index (χ0v) is 12.4. The predicted octanol–water partition coefficient (Wildman–Crippen LogP) is 1.99. The van der Waals surface area contributed by atoms with E-state index >= 15 is 0 Å². The number of sulfone groups is 1. The lowest BCUT2D eigenvalue weighted by molar-refractivity contribution is -0.113. The van der Waals surface area contributed by atoms with Crippen molar-refractivity contribution in [2.45, 2.75) is 11.8 Å². The molecule has 0 aliphatic heterocycles. The SMILES string of the molecule is Cc1ccc(NC(=O)CS(=O)(=O)c2ccccc2)cc1N. The molecule has 0 saturated heterocycles. The Hall–Kier alpha value is -2.34. The van der Waals surface area contributed by atoms with Crippen LogP contribution in [0.1, 0.15) is 5.56 Å². The lowest BCUT2D eigenvalue weighted by Crippen LogP contribution is -2.23. The number of carbonyl (C=O) groups excluding carboxylic acids is 1. The standard InChI is InChI=1S/C15H16N2O3S/c1-11-7-8-12(9-14(11)16)17-15(18)10-21(19,20)13-5-3-2-4-6-13/h2-9H,10,16H2,1H3,(H,17,18). The maximum absolute atomic E-state index is 12.1. The van der Waals surface area contributed by atoms with Crippen molar-refractivity contribution < 1.29 is 13.2 Å². The molecule has 0 saturated carbocycles. The number of rotatable bonds is 4. The van der Waals surface area contributed by atoms with Gasteiger partial charge in [0.05, 0.1) is 4.90 Å². The molecule has 0 aliphatic carbocycles. The molecule has 0 heterocycles. The summed E-state index contributed by atoms with van der Waals surface area (Å²) >= 11 is 0. The molecule has 2 rings (SSSR count). The molecule has 6 heteroatoms. The van der Waals surface area contributed by atoms with E-state index in [1.807, 2.05) is 6.92 Å². The van der Waals surface area contributed by atoms with Gasteiger partial charge in [0.15, 0.2) is 9.84 Å². The maximum atomic E-state index is 12.1. The summed E-state index contributed by atoms with van der Waals surface area (Å²) in [7, 11) is -3.64. The minimum absolute atomic E-state index is 0.128. The fraction of sp³-hybridized carbons (Fsp3) is 0.133. The quantitative estimate of drug-likeness (QED) is 0.845. The summed E-state index contributed by atoms with van der Waals surface area (Å²) in [6.45, 7) is 1.85. The van der Waals surface area contributed by atoms with Crippen LogP contribution >= 0.6 is 0 Å². The van der Waals surface area contributed by atoms with E-state index in [2.05, 4.69) is 5.32 Å². The lowest BCUT2D eigenvalue weighted by atomic mass is 10.2. The molecule has 0 bridgehead atoms. The molecule has 0 spiro atoms. The lowest BCUT2D eigenvalue weighted by Gasteiger charge is -2.08. The van der Waals surface area contributed by atoms with Crippen molar-refractivity contribution in [3.8, 4) is 0 Å². The molecule has 21 heavy (non-hydrogen) atoms. The first-order valence-corrected chi connectivity index (χ1v) is 7.97. The van der Waals surface area contributed by atoms with Gasteiger partial charge in [0.2, 0.25) is 5.91 Å². The number of aryl methyl sites for hydroxylation is 1. The van der Waals surface area contributed by atoms with Gasteiger partial charge in [-0.15, -0.1) is 0 Å².